The second-order valence-corrected chi connectivity index (χ2v) is 6.98. The number of ether oxygens (including phenoxy) is 1. The lowest BCUT2D eigenvalue weighted by Gasteiger charge is -2.19. The molecule has 1 aromatic carbocycles. The fraction of sp³-hybridized carbons (Fsp3) is 0.350. The quantitative estimate of drug-likeness (QED) is 0.799. The van der Waals surface area contributed by atoms with E-state index in [4.69, 9.17) is 4.74 Å². The number of imide groups is 1. The molecule has 1 saturated carbocycles. The molecule has 4 rings (SSSR count). The summed E-state index contributed by atoms with van der Waals surface area (Å²) in [5.41, 5.74) is 0.503. The number of anilines is 1. The van der Waals surface area contributed by atoms with Gasteiger partial charge in [0.25, 0.3) is 0 Å². The minimum absolute atomic E-state index is 0.218. The van der Waals surface area contributed by atoms with Crippen LogP contribution in [-0.4, -0.2) is 39.1 Å². The summed E-state index contributed by atoms with van der Waals surface area (Å²) in [6, 6.07) is 6.79. The molecule has 1 aromatic heterocycles. The highest BCUT2D eigenvalue weighted by Gasteiger charge is 2.48. The van der Waals surface area contributed by atoms with Gasteiger partial charge in [-0.15, -0.1) is 0 Å². The van der Waals surface area contributed by atoms with Gasteiger partial charge in [-0.3, -0.25) is 24.3 Å². The molecule has 1 N–H and O–H groups in total. The molecule has 2 aliphatic rings. The van der Waals surface area contributed by atoms with Crippen LogP contribution in [0.15, 0.2) is 42.9 Å². The van der Waals surface area contributed by atoms with E-state index in [0.29, 0.717) is 17.3 Å². The predicted molar refractivity (Wildman–Crippen MR) is 99.3 cm³/mol. The Hall–Kier alpha value is -3.29. The van der Waals surface area contributed by atoms with Crippen LogP contribution < -0.4 is 10.1 Å². The van der Waals surface area contributed by atoms with Crippen LogP contribution in [-0.2, 0) is 14.4 Å². The molecular formula is C20H20N4O4. The van der Waals surface area contributed by atoms with Crippen molar-refractivity contribution in [1.29, 1.82) is 0 Å². The zero-order valence-corrected chi connectivity index (χ0v) is 15.2. The minimum Gasteiger partial charge on any atom is -0.437 e. The molecule has 0 radical (unpaired) electrons. The number of carbonyl (C=O) groups is 3. The van der Waals surface area contributed by atoms with Crippen LogP contribution in [0.3, 0.4) is 0 Å². The maximum atomic E-state index is 12.5. The summed E-state index contributed by atoms with van der Waals surface area (Å²) < 4.78 is 5.59. The average Bonchev–Trinajstić information content (AvgIpc) is 2.94. The number of hydrogen-bond donors (Lipinski definition) is 1. The van der Waals surface area contributed by atoms with Crippen LogP contribution in [0, 0.1) is 11.8 Å². The van der Waals surface area contributed by atoms with Gasteiger partial charge in [0.2, 0.25) is 23.6 Å². The van der Waals surface area contributed by atoms with Crippen LogP contribution in [0.1, 0.15) is 25.7 Å². The highest BCUT2D eigenvalue weighted by atomic mass is 16.5. The van der Waals surface area contributed by atoms with Crippen molar-refractivity contribution >= 4 is 23.4 Å². The van der Waals surface area contributed by atoms with Gasteiger partial charge >= 0.3 is 0 Å². The molecule has 144 valence electrons. The molecule has 2 aromatic rings. The van der Waals surface area contributed by atoms with E-state index in [1.807, 2.05) is 0 Å². The summed E-state index contributed by atoms with van der Waals surface area (Å²) >= 11 is 0. The first kappa shape index (κ1) is 18.1. The van der Waals surface area contributed by atoms with Crippen molar-refractivity contribution in [3.63, 3.8) is 0 Å². The first-order valence-corrected chi connectivity index (χ1v) is 9.31. The normalized spacial score (nSPS) is 21.4. The lowest BCUT2D eigenvalue weighted by Crippen LogP contribution is -2.38. The highest BCUT2D eigenvalue weighted by Crippen LogP contribution is 2.37. The number of nitrogens with zero attached hydrogens (tertiary/aromatic N) is 3. The highest BCUT2D eigenvalue weighted by molar-refractivity contribution is 6.08. The molecule has 1 aliphatic carbocycles. The lowest BCUT2D eigenvalue weighted by atomic mass is 9.81. The zero-order chi connectivity index (χ0) is 19.5. The topological polar surface area (TPSA) is 101 Å². The summed E-state index contributed by atoms with van der Waals surface area (Å²) in [5, 5.41) is 2.72. The Morgan fingerprint density at radius 2 is 1.89 bits per heavy atom. The number of likely N-dealkylation sites (tertiary alicyclic amines) is 1. The van der Waals surface area contributed by atoms with E-state index in [1.54, 1.807) is 30.5 Å². The Balaban J connectivity index is 1.39. The number of aromatic nitrogens is 2. The Morgan fingerprint density at radius 1 is 1.14 bits per heavy atom. The molecule has 2 fully saturated rings. The number of benzene rings is 1. The van der Waals surface area contributed by atoms with Crippen molar-refractivity contribution in [1.82, 2.24) is 14.9 Å². The number of hydrogen-bond acceptors (Lipinski definition) is 6. The fourth-order valence-corrected chi connectivity index (χ4v) is 3.83. The van der Waals surface area contributed by atoms with E-state index in [2.05, 4.69) is 15.3 Å². The van der Waals surface area contributed by atoms with Gasteiger partial charge in [0.1, 0.15) is 12.3 Å². The number of nitrogens with one attached hydrogen (secondary N) is 1. The Bertz CT molecular complexity index is 878. The second kappa shape index (κ2) is 7.75. The van der Waals surface area contributed by atoms with Gasteiger partial charge in [-0.05, 0) is 25.0 Å². The molecule has 3 amide bonds. The van der Waals surface area contributed by atoms with E-state index in [1.165, 1.54) is 12.4 Å². The second-order valence-electron chi connectivity index (χ2n) is 6.98. The lowest BCUT2D eigenvalue weighted by molar-refractivity contribution is -0.142. The average molecular weight is 380 g/mol. The molecule has 1 saturated heterocycles. The summed E-state index contributed by atoms with van der Waals surface area (Å²) in [5.74, 6) is -0.541. The number of carbonyl (C=O) groups excluding carboxylic acids is 3. The zero-order valence-electron chi connectivity index (χ0n) is 15.2. The standard InChI is InChI=1S/C20H20N4O4/c25-17(12-24-19(26)15-6-1-2-7-16(15)20(24)27)23-13-4-3-5-14(10-13)28-18-11-21-8-9-22-18/h3-5,8-11,15-16H,1-2,6-7,12H2,(H,23,25)/t15-,16+. The predicted octanol–water partition coefficient (Wildman–Crippen LogP) is 2.38. The first-order valence-electron chi connectivity index (χ1n) is 9.31. The van der Waals surface area contributed by atoms with Crippen LogP contribution in [0.4, 0.5) is 5.69 Å². The van der Waals surface area contributed by atoms with Crippen molar-refractivity contribution in [3.05, 3.63) is 42.9 Å². The summed E-state index contributed by atoms with van der Waals surface area (Å²) in [6.07, 6.45) is 7.92. The number of rotatable bonds is 5. The van der Waals surface area contributed by atoms with Gasteiger partial charge in [-0.25, -0.2) is 4.98 Å². The van der Waals surface area contributed by atoms with Crippen molar-refractivity contribution in [2.75, 3.05) is 11.9 Å². The third-order valence-corrected chi connectivity index (χ3v) is 5.11. The maximum absolute atomic E-state index is 12.5. The summed E-state index contributed by atoms with van der Waals surface area (Å²) in [6.45, 7) is -0.264. The Kier molecular flexibility index (Phi) is 5.01. The maximum Gasteiger partial charge on any atom is 0.244 e. The van der Waals surface area contributed by atoms with Gasteiger partial charge in [0.05, 0.1) is 18.0 Å². The van der Waals surface area contributed by atoms with E-state index in [9.17, 15) is 14.4 Å². The van der Waals surface area contributed by atoms with E-state index in [-0.39, 0.29) is 30.2 Å². The SMILES string of the molecule is O=C(CN1C(=O)[C@H]2CCCC[C@H]2C1=O)Nc1cccc(Oc2cnccn2)c1. The van der Waals surface area contributed by atoms with Gasteiger partial charge in [-0.2, -0.15) is 0 Å². The number of fused-ring (bicyclic) bond motifs is 1. The Morgan fingerprint density at radius 3 is 2.57 bits per heavy atom. The minimum atomic E-state index is -0.419. The van der Waals surface area contributed by atoms with E-state index in [0.717, 1.165) is 30.6 Å². The van der Waals surface area contributed by atoms with Crippen molar-refractivity contribution in [3.8, 4) is 11.6 Å². The Labute approximate surface area is 161 Å². The molecule has 8 heteroatoms. The monoisotopic (exact) mass is 380 g/mol. The van der Waals surface area contributed by atoms with Crippen LogP contribution in [0.2, 0.25) is 0 Å². The first-order chi connectivity index (χ1) is 13.6. The van der Waals surface area contributed by atoms with Crippen molar-refractivity contribution in [2.24, 2.45) is 11.8 Å². The summed E-state index contributed by atoms with van der Waals surface area (Å²) in [7, 11) is 0. The van der Waals surface area contributed by atoms with Gasteiger partial charge in [0.15, 0.2) is 0 Å². The third-order valence-electron chi connectivity index (χ3n) is 5.11. The van der Waals surface area contributed by atoms with E-state index >= 15 is 0 Å². The molecule has 0 bridgehead atoms. The van der Waals surface area contributed by atoms with Gasteiger partial charge < -0.3 is 10.1 Å². The molecule has 2 heterocycles. The van der Waals surface area contributed by atoms with Gasteiger partial charge in [-0.1, -0.05) is 18.9 Å². The fourth-order valence-electron chi connectivity index (χ4n) is 3.83. The molecule has 2 atom stereocenters. The van der Waals surface area contributed by atoms with Crippen LogP contribution >= 0.6 is 0 Å². The summed E-state index contributed by atoms with van der Waals surface area (Å²) in [4.78, 5) is 46.5. The van der Waals surface area contributed by atoms with Crippen molar-refractivity contribution in [2.45, 2.75) is 25.7 Å². The molecular weight excluding hydrogens is 360 g/mol. The van der Waals surface area contributed by atoms with Gasteiger partial charge in [0, 0.05) is 24.1 Å². The van der Waals surface area contributed by atoms with Crippen molar-refractivity contribution < 1.29 is 19.1 Å². The van der Waals surface area contributed by atoms with Crippen LogP contribution in [0.5, 0.6) is 11.6 Å². The molecule has 0 spiro atoms. The molecule has 1 aliphatic heterocycles. The molecule has 0 unspecified atom stereocenters. The largest absolute Gasteiger partial charge is 0.437 e. The smallest absolute Gasteiger partial charge is 0.244 e. The van der Waals surface area contributed by atoms with E-state index < -0.39 is 5.91 Å². The number of amides is 3. The molecule has 28 heavy (non-hydrogen) atoms. The van der Waals surface area contributed by atoms with Crippen LogP contribution in [0.25, 0.3) is 0 Å². The third kappa shape index (κ3) is 3.71. The molecule has 8 nitrogen and oxygen atoms in total.